The van der Waals surface area contributed by atoms with Crippen LogP contribution in [-0.2, 0) is 0 Å². The Balaban J connectivity index is 1.60. The quantitative estimate of drug-likeness (QED) is 0.707. The van der Waals surface area contributed by atoms with E-state index in [9.17, 15) is 0 Å². The molecule has 8 nitrogen and oxygen atoms in total. The SMILES string of the molecule is OCCOc1ccc(-n2nnc3cnc(NC4CCCC4)nc32)cc1. The van der Waals surface area contributed by atoms with E-state index in [1.807, 2.05) is 24.3 Å². The Bertz CT molecular complexity index is 842. The van der Waals surface area contributed by atoms with E-state index in [4.69, 9.17) is 9.84 Å². The van der Waals surface area contributed by atoms with Crippen LogP contribution in [0.25, 0.3) is 16.9 Å². The third kappa shape index (κ3) is 3.39. The number of hydrogen-bond acceptors (Lipinski definition) is 7. The molecule has 0 amide bonds. The molecule has 130 valence electrons. The monoisotopic (exact) mass is 340 g/mol. The summed E-state index contributed by atoms with van der Waals surface area (Å²) in [5, 5.41) is 20.5. The van der Waals surface area contributed by atoms with E-state index in [2.05, 4.69) is 25.6 Å². The van der Waals surface area contributed by atoms with E-state index in [1.165, 1.54) is 12.8 Å². The van der Waals surface area contributed by atoms with Crippen molar-refractivity contribution in [1.82, 2.24) is 25.0 Å². The molecule has 3 aromatic rings. The Kier molecular flexibility index (Phi) is 4.43. The zero-order valence-electron chi connectivity index (χ0n) is 13.8. The zero-order valence-corrected chi connectivity index (χ0v) is 13.8. The molecule has 2 N–H and O–H groups in total. The van der Waals surface area contributed by atoms with E-state index in [0.29, 0.717) is 28.9 Å². The first-order chi connectivity index (χ1) is 12.3. The van der Waals surface area contributed by atoms with Crippen LogP contribution in [0.5, 0.6) is 5.75 Å². The number of hydrogen-bond donors (Lipinski definition) is 2. The van der Waals surface area contributed by atoms with Gasteiger partial charge in [0.05, 0.1) is 18.5 Å². The van der Waals surface area contributed by atoms with E-state index in [0.717, 1.165) is 18.5 Å². The fourth-order valence-electron chi connectivity index (χ4n) is 3.07. The van der Waals surface area contributed by atoms with Gasteiger partial charge in [-0.15, -0.1) is 5.10 Å². The van der Waals surface area contributed by atoms with Gasteiger partial charge < -0.3 is 15.2 Å². The highest BCUT2D eigenvalue weighted by molar-refractivity contribution is 5.72. The van der Waals surface area contributed by atoms with Gasteiger partial charge in [-0.05, 0) is 37.1 Å². The first kappa shape index (κ1) is 15.8. The van der Waals surface area contributed by atoms with Gasteiger partial charge >= 0.3 is 0 Å². The van der Waals surface area contributed by atoms with Gasteiger partial charge in [-0.3, -0.25) is 0 Å². The van der Waals surface area contributed by atoms with Gasteiger partial charge in [-0.25, -0.2) is 4.98 Å². The second kappa shape index (κ2) is 7.02. The molecule has 0 unspecified atom stereocenters. The van der Waals surface area contributed by atoms with Gasteiger partial charge in [0.25, 0.3) is 0 Å². The van der Waals surface area contributed by atoms with E-state index in [-0.39, 0.29) is 13.2 Å². The maximum Gasteiger partial charge on any atom is 0.225 e. The van der Waals surface area contributed by atoms with Crippen molar-refractivity contribution in [3.63, 3.8) is 0 Å². The average molecular weight is 340 g/mol. The summed E-state index contributed by atoms with van der Waals surface area (Å²) in [6.45, 7) is 0.262. The van der Waals surface area contributed by atoms with Crippen molar-refractivity contribution in [1.29, 1.82) is 0 Å². The number of aliphatic hydroxyl groups excluding tert-OH is 1. The number of aliphatic hydroxyl groups is 1. The van der Waals surface area contributed by atoms with Crippen molar-refractivity contribution in [3.8, 4) is 11.4 Å². The Morgan fingerprint density at radius 2 is 2.00 bits per heavy atom. The first-order valence-corrected chi connectivity index (χ1v) is 8.52. The molecule has 1 aliphatic rings. The van der Waals surface area contributed by atoms with Gasteiger partial charge in [0.1, 0.15) is 12.4 Å². The topological polar surface area (TPSA) is 98.0 Å². The van der Waals surface area contributed by atoms with Crippen molar-refractivity contribution in [3.05, 3.63) is 30.5 Å². The molecule has 25 heavy (non-hydrogen) atoms. The predicted octanol–water partition coefficient (Wildman–Crippen LogP) is 1.94. The van der Waals surface area contributed by atoms with Crippen LogP contribution in [0.3, 0.4) is 0 Å². The lowest BCUT2D eigenvalue weighted by Crippen LogP contribution is -2.16. The minimum Gasteiger partial charge on any atom is -0.491 e. The highest BCUT2D eigenvalue weighted by Crippen LogP contribution is 2.22. The summed E-state index contributed by atoms with van der Waals surface area (Å²) in [5.41, 5.74) is 2.15. The molecule has 1 fully saturated rings. The molecule has 2 aromatic heterocycles. The molecule has 0 radical (unpaired) electrons. The van der Waals surface area contributed by atoms with E-state index in [1.54, 1.807) is 10.9 Å². The normalized spacial score (nSPS) is 14.9. The molecule has 0 spiro atoms. The van der Waals surface area contributed by atoms with Gasteiger partial charge in [0.15, 0.2) is 11.2 Å². The Morgan fingerprint density at radius 1 is 1.20 bits per heavy atom. The predicted molar refractivity (Wildman–Crippen MR) is 92.9 cm³/mol. The second-order valence-electron chi connectivity index (χ2n) is 6.10. The van der Waals surface area contributed by atoms with Gasteiger partial charge in [-0.1, -0.05) is 18.1 Å². The van der Waals surface area contributed by atoms with Crippen molar-refractivity contribution in [2.75, 3.05) is 18.5 Å². The van der Waals surface area contributed by atoms with Gasteiger partial charge in [0.2, 0.25) is 5.95 Å². The van der Waals surface area contributed by atoms with Crippen LogP contribution < -0.4 is 10.1 Å². The standard InChI is InChI=1S/C17H20N6O2/c24-9-10-25-14-7-5-13(6-8-14)23-16-15(21-22-23)11-18-17(20-16)19-12-3-1-2-4-12/h5-8,11-12,24H,1-4,9-10H2,(H,18,19,20). The molecule has 0 saturated heterocycles. The zero-order chi connectivity index (χ0) is 17.1. The summed E-state index contributed by atoms with van der Waals surface area (Å²) in [5.74, 6) is 1.31. The number of nitrogens with one attached hydrogen (secondary N) is 1. The molecule has 2 heterocycles. The Morgan fingerprint density at radius 3 is 2.76 bits per heavy atom. The van der Waals surface area contributed by atoms with Crippen LogP contribution in [0.15, 0.2) is 30.5 Å². The fraction of sp³-hybridized carbons (Fsp3) is 0.412. The summed E-state index contributed by atoms with van der Waals surface area (Å²) in [6, 6.07) is 7.87. The van der Waals surface area contributed by atoms with Crippen molar-refractivity contribution < 1.29 is 9.84 Å². The van der Waals surface area contributed by atoms with E-state index >= 15 is 0 Å². The summed E-state index contributed by atoms with van der Waals surface area (Å²) >= 11 is 0. The van der Waals surface area contributed by atoms with Crippen LogP contribution in [0.4, 0.5) is 5.95 Å². The molecule has 1 aromatic carbocycles. The molecule has 0 atom stereocenters. The van der Waals surface area contributed by atoms with Crippen LogP contribution in [0, 0.1) is 0 Å². The molecule has 1 aliphatic carbocycles. The lowest BCUT2D eigenvalue weighted by Gasteiger charge is -2.11. The number of rotatable bonds is 6. The summed E-state index contributed by atoms with van der Waals surface area (Å²) < 4.78 is 7.06. The van der Waals surface area contributed by atoms with Crippen LogP contribution in [0.1, 0.15) is 25.7 Å². The molecule has 0 bridgehead atoms. The van der Waals surface area contributed by atoms with Crippen LogP contribution in [-0.4, -0.2) is 49.3 Å². The molecular weight excluding hydrogens is 320 g/mol. The van der Waals surface area contributed by atoms with Gasteiger partial charge in [0, 0.05) is 6.04 Å². The first-order valence-electron chi connectivity index (χ1n) is 8.52. The molecule has 4 rings (SSSR count). The Labute approximate surface area is 144 Å². The third-order valence-electron chi connectivity index (χ3n) is 4.32. The maximum atomic E-state index is 8.81. The summed E-state index contributed by atoms with van der Waals surface area (Å²) in [4.78, 5) is 8.94. The smallest absolute Gasteiger partial charge is 0.225 e. The fourth-order valence-corrected chi connectivity index (χ4v) is 3.07. The number of aromatic nitrogens is 5. The van der Waals surface area contributed by atoms with Crippen molar-refractivity contribution in [2.45, 2.75) is 31.7 Å². The number of anilines is 1. The number of benzene rings is 1. The molecule has 8 heteroatoms. The number of fused-ring (bicyclic) bond motifs is 1. The third-order valence-corrected chi connectivity index (χ3v) is 4.32. The number of nitrogens with zero attached hydrogens (tertiary/aromatic N) is 5. The minimum atomic E-state index is -0.0108. The lowest BCUT2D eigenvalue weighted by molar-refractivity contribution is 0.201. The lowest BCUT2D eigenvalue weighted by atomic mass is 10.2. The van der Waals surface area contributed by atoms with Crippen molar-refractivity contribution in [2.24, 2.45) is 0 Å². The minimum absolute atomic E-state index is 0.0108. The highest BCUT2D eigenvalue weighted by atomic mass is 16.5. The molecular formula is C17H20N6O2. The van der Waals surface area contributed by atoms with Gasteiger partial charge in [-0.2, -0.15) is 9.67 Å². The molecule has 1 saturated carbocycles. The highest BCUT2D eigenvalue weighted by Gasteiger charge is 2.17. The Hall–Kier alpha value is -2.74. The molecule has 0 aliphatic heterocycles. The van der Waals surface area contributed by atoms with Crippen LogP contribution >= 0.6 is 0 Å². The summed E-state index contributed by atoms with van der Waals surface area (Å²) in [7, 11) is 0. The number of ether oxygens (including phenoxy) is 1. The van der Waals surface area contributed by atoms with Crippen molar-refractivity contribution >= 4 is 17.1 Å². The average Bonchev–Trinajstić information content (AvgIpc) is 3.30. The largest absolute Gasteiger partial charge is 0.491 e. The second-order valence-corrected chi connectivity index (χ2v) is 6.10. The summed E-state index contributed by atoms with van der Waals surface area (Å²) in [6.07, 6.45) is 6.53. The maximum absolute atomic E-state index is 8.81. The van der Waals surface area contributed by atoms with E-state index < -0.39 is 0 Å². The van der Waals surface area contributed by atoms with Crippen LogP contribution in [0.2, 0.25) is 0 Å².